The van der Waals surface area contributed by atoms with E-state index in [0.717, 1.165) is 22.5 Å². The molecule has 0 spiro atoms. The number of ether oxygens (including phenoxy) is 1. The summed E-state index contributed by atoms with van der Waals surface area (Å²) in [6.45, 7) is 11.0. The molecule has 0 saturated carbocycles. The molecule has 0 aliphatic carbocycles. The van der Waals surface area contributed by atoms with Crippen molar-refractivity contribution >= 4 is 35.0 Å². The highest BCUT2D eigenvalue weighted by Crippen LogP contribution is 2.22. The number of allylic oxidation sites excluding steroid dienone is 5. The average Bonchev–Trinajstić information content (AvgIpc) is 2.89. The molecule has 1 aliphatic rings. The molecule has 0 radical (unpaired) electrons. The first-order chi connectivity index (χ1) is 17.5. The van der Waals surface area contributed by atoms with Crippen molar-refractivity contribution in [3.05, 3.63) is 97.1 Å². The Morgan fingerprint density at radius 3 is 2.69 bits per heavy atom. The lowest BCUT2D eigenvalue weighted by Gasteiger charge is -2.28. The highest BCUT2D eigenvalue weighted by atomic mass is 19.1. The van der Waals surface area contributed by atoms with E-state index in [9.17, 15) is 4.39 Å². The quantitative estimate of drug-likeness (QED) is 0.240. The number of nitrogens with one attached hydrogen (secondary N) is 1. The molecule has 9 heteroatoms. The van der Waals surface area contributed by atoms with E-state index in [0.29, 0.717) is 32.0 Å². The van der Waals surface area contributed by atoms with Gasteiger partial charge in [-0.3, -0.25) is 4.98 Å². The number of nitrogens with two attached hydrogens (primary N) is 1. The average molecular weight is 488 g/mol. The third-order valence-electron chi connectivity index (χ3n) is 5.12. The van der Waals surface area contributed by atoms with E-state index in [-0.39, 0.29) is 11.8 Å². The van der Waals surface area contributed by atoms with Crippen molar-refractivity contribution in [3.8, 4) is 0 Å². The molecule has 1 saturated heterocycles. The number of morpholine rings is 1. The van der Waals surface area contributed by atoms with Gasteiger partial charge in [-0.2, -0.15) is 10.1 Å². The van der Waals surface area contributed by atoms with Crippen LogP contribution in [0.2, 0.25) is 0 Å². The Bertz CT molecular complexity index is 1210. The maximum Gasteiger partial charge on any atom is 0.242 e. The lowest BCUT2D eigenvalue weighted by molar-refractivity contribution is 0.0678. The first-order valence-corrected chi connectivity index (χ1v) is 11.4. The van der Waals surface area contributed by atoms with Crippen LogP contribution < -0.4 is 11.1 Å². The van der Waals surface area contributed by atoms with E-state index in [4.69, 9.17) is 10.5 Å². The van der Waals surface area contributed by atoms with Gasteiger partial charge in [-0.1, -0.05) is 49.6 Å². The molecule has 1 aromatic heterocycles. The number of hydrogen-bond acceptors (Lipinski definition) is 5. The molecular weight excluding hydrogens is 457 g/mol. The minimum absolute atomic E-state index is 0.0330. The summed E-state index contributed by atoms with van der Waals surface area (Å²) in [5.41, 5.74) is 10.3. The normalized spacial score (nSPS) is 15.5. The van der Waals surface area contributed by atoms with Gasteiger partial charge < -0.3 is 20.7 Å². The van der Waals surface area contributed by atoms with Gasteiger partial charge >= 0.3 is 0 Å². The molecule has 1 aliphatic heterocycles. The summed E-state index contributed by atoms with van der Waals surface area (Å²) in [4.78, 5) is 10.1. The second-order valence-corrected chi connectivity index (χ2v) is 7.66. The van der Waals surface area contributed by atoms with Gasteiger partial charge in [0.1, 0.15) is 0 Å². The van der Waals surface area contributed by atoms with Crippen molar-refractivity contribution in [2.45, 2.75) is 6.92 Å². The fourth-order valence-electron chi connectivity index (χ4n) is 3.39. The van der Waals surface area contributed by atoms with Crippen LogP contribution in [0.15, 0.2) is 101 Å². The van der Waals surface area contributed by atoms with Crippen molar-refractivity contribution in [2.75, 3.05) is 31.6 Å². The van der Waals surface area contributed by atoms with Crippen molar-refractivity contribution < 1.29 is 9.13 Å². The number of rotatable bonds is 8. The zero-order valence-corrected chi connectivity index (χ0v) is 20.3. The third-order valence-corrected chi connectivity index (χ3v) is 5.12. The maximum atomic E-state index is 13.8. The number of anilines is 2. The Labute approximate surface area is 210 Å². The van der Waals surface area contributed by atoms with E-state index in [2.05, 4.69) is 50.8 Å². The van der Waals surface area contributed by atoms with Crippen molar-refractivity contribution in [1.29, 1.82) is 0 Å². The van der Waals surface area contributed by atoms with Crippen molar-refractivity contribution in [3.63, 3.8) is 0 Å². The fourth-order valence-corrected chi connectivity index (χ4v) is 3.39. The van der Waals surface area contributed by atoms with Gasteiger partial charge in [-0.25, -0.2) is 4.39 Å². The number of pyridine rings is 1. The van der Waals surface area contributed by atoms with Gasteiger partial charge in [0.05, 0.1) is 37.0 Å². The third kappa shape index (κ3) is 7.85. The molecule has 36 heavy (non-hydrogen) atoms. The van der Waals surface area contributed by atoms with Crippen LogP contribution in [0.25, 0.3) is 5.57 Å². The molecule has 0 unspecified atom stereocenters. The van der Waals surface area contributed by atoms with Gasteiger partial charge in [0, 0.05) is 18.8 Å². The zero-order chi connectivity index (χ0) is 25.8. The number of aliphatic imine (C=N–C) groups is 1. The van der Waals surface area contributed by atoms with E-state index < -0.39 is 5.83 Å². The van der Waals surface area contributed by atoms with Crippen LogP contribution in [-0.4, -0.2) is 54.2 Å². The summed E-state index contributed by atoms with van der Waals surface area (Å²) in [5.74, 6) is -0.844. The van der Waals surface area contributed by atoms with Crippen LogP contribution >= 0.6 is 0 Å². The van der Waals surface area contributed by atoms with Gasteiger partial charge in [0.2, 0.25) is 5.96 Å². The molecule has 2 heterocycles. The number of guanidine groups is 1. The monoisotopic (exact) mass is 487 g/mol. The highest BCUT2D eigenvalue weighted by molar-refractivity contribution is 6.03. The molecule has 0 amide bonds. The summed E-state index contributed by atoms with van der Waals surface area (Å²) in [6, 6.07) is 11.8. The topological polar surface area (TPSA) is 100 Å². The zero-order valence-electron chi connectivity index (χ0n) is 20.3. The van der Waals surface area contributed by atoms with E-state index in [1.165, 1.54) is 6.21 Å². The molecule has 8 nitrogen and oxygen atoms in total. The SMILES string of the molecule is C=C/C=C\C(=C/C)c1cccc(Nc2ccc(/C=N/N=C(N)N=C(C(=C)F)N3CCOCC3)nc2)c1. The van der Waals surface area contributed by atoms with Crippen LogP contribution in [-0.2, 0) is 4.74 Å². The summed E-state index contributed by atoms with van der Waals surface area (Å²) >= 11 is 0. The second-order valence-electron chi connectivity index (χ2n) is 7.66. The minimum atomic E-state index is -0.690. The Morgan fingerprint density at radius 2 is 2.03 bits per heavy atom. The second kappa shape index (κ2) is 13.5. The fraction of sp³-hybridized carbons (Fsp3) is 0.185. The minimum Gasteiger partial charge on any atom is -0.378 e. The number of aromatic nitrogens is 1. The van der Waals surface area contributed by atoms with Crippen LogP contribution in [0.4, 0.5) is 15.8 Å². The Balaban J connectivity index is 1.64. The molecular formula is C27H30FN7O. The van der Waals surface area contributed by atoms with Gasteiger partial charge in [0.25, 0.3) is 0 Å². The molecule has 1 fully saturated rings. The number of amidine groups is 1. The largest absolute Gasteiger partial charge is 0.378 e. The van der Waals surface area contributed by atoms with Crippen LogP contribution in [0.5, 0.6) is 0 Å². The number of hydrogen-bond donors (Lipinski definition) is 2. The molecule has 0 bridgehead atoms. The molecule has 3 N–H and O–H groups in total. The highest BCUT2D eigenvalue weighted by Gasteiger charge is 2.18. The number of benzene rings is 1. The van der Waals surface area contributed by atoms with Crippen LogP contribution in [0.1, 0.15) is 18.2 Å². The van der Waals surface area contributed by atoms with E-state index in [1.807, 2.05) is 43.4 Å². The molecule has 0 atom stereocenters. The number of nitrogens with zero attached hydrogens (tertiary/aromatic N) is 5. The first kappa shape index (κ1) is 26.2. The Morgan fingerprint density at radius 1 is 1.22 bits per heavy atom. The smallest absolute Gasteiger partial charge is 0.242 e. The van der Waals surface area contributed by atoms with Crippen molar-refractivity contribution in [1.82, 2.24) is 9.88 Å². The lowest BCUT2D eigenvalue weighted by atomic mass is 10.0. The molecule has 186 valence electrons. The summed E-state index contributed by atoms with van der Waals surface area (Å²) in [6.07, 6.45) is 10.8. The van der Waals surface area contributed by atoms with Crippen LogP contribution in [0, 0.1) is 0 Å². The standard InChI is InChI=1S/C27H30FN7O/c1-4-6-8-21(5-2)22-9-7-10-23(17-22)32-25-12-11-24(30-18-25)19-31-34-27(29)33-26(20(3)28)35-13-15-36-16-14-35/h4-12,17-19,32H,1,3,13-16H2,2H3,(H2,29,34)/b8-6-,21-5+,31-19+,33-26?. The number of halogens is 1. The van der Waals surface area contributed by atoms with Crippen molar-refractivity contribution in [2.24, 2.45) is 20.9 Å². The first-order valence-electron chi connectivity index (χ1n) is 11.4. The Hall–Kier alpha value is -4.37. The molecule has 1 aromatic carbocycles. The van der Waals surface area contributed by atoms with Crippen LogP contribution in [0.3, 0.4) is 0 Å². The maximum absolute atomic E-state index is 13.8. The molecule has 3 rings (SSSR count). The predicted molar refractivity (Wildman–Crippen MR) is 146 cm³/mol. The molecule has 2 aromatic rings. The van der Waals surface area contributed by atoms with Gasteiger partial charge in [-0.05, 0) is 42.3 Å². The van der Waals surface area contributed by atoms with Gasteiger partial charge in [-0.15, -0.1) is 5.10 Å². The van der Waals surface area contributed by atoms with E-state index >= 15 is 0 Å². The lowest BCUT2D eigenvalue weighted by Crippen LogP contribution is -2.41. The summed E-state index contributed by atoms with van der Waals surface area (Å²) in [5, 5.41) is 11.1. The van der Waals surface area contributed by atoms with Gasteiger partial charge in [0.15, 0.2) is 11.7 Å². The Kier molecular flexibility index (Phi) is 9.84. The summed E-state index contributed by atoms with van der Waals surface area (Å²) < 4.78 is 19.1. The predicted octanol–water partition coefficient (Wildman–Crippen LogP) is 4.83. The summed E-state index contributed by atoms with van der Waals surface area (Å²) in [7, 11) is 0. The van der Waals surface area contributed by atoms with E-state index in [1.54, 1.807) is 23.2 Å².